The zero-order valence-electron chi connectivity index (χ0n) is 13.4. The molecule has 0 atom stereocenters. The summed E-state index contributed by atoms with van der Waals surface area (Å²) in [6, 6.07) is 7.56. The molecule has 5 nitrogen and oxygen atoms in total. The minimum atomic E-state index is -0.133. The molecule has 0 unspecified atom stereocenters. The van der Waals surface area contributed by atoms with E-state index in [0.717, 1.165) is 35.1 Å². The summed E-state index contributed by atoms with van der Waals surface area (Å²) in [7, 11) is 1.79. The first-order valence-electron chi connectivity index (χ1n) is 7.89. The second kappa shape index (κ2) is 7.00. The van der Waals surface area contributed by atoms with Crippen molar-refractivity contribution < 1.29 is 9.53 Å². The molecule has 122 valence electrons. The standard InChI is InChI=1S/C17H21N3O2S/c1-11-15(23-17(18-2)19-11)16(21)20-12-7-9-14(10-8-12)22-13-5-3-4-6-13/h7-10,13H,3-6H2,1-2H3,(H,18,19)(H,20,21). The van der Waals surface area contributed by atoms with Gasteiger partial charge < -0.3 is 15.4 Å². The summed E-state index contributed by atoms with van der Waals surface area (Å²) in [4.78, 5) is 17.2. The van der Waals surface area contributed by atoms with E-state index in [0.29, 0.717) is 11.0 Å². The van der Waals surface area contributed by atoms with Crippen LogP contribution in [0.4, 0.5) is 10.8 Å². The van der Waals surface area contributed by atoms with Crippen LogP contribution in [0, 0.1) is 6.92 Å². The van der Waals surface area contributed by atoms with Crippen LogP contribution in [0.15, 0.2) is 24.3 Å². The second-order valence-corrected chi connectivity index (χ2v) is 6.69. The first-order valence-corrected chi connectivity index (χ1v) is 8.70. The SMILES string of the molecule is CNc1nc(C)c(C(=O)Nc2ccc(OC3CCCC3)cc2)s1. The fourth-order valence-corrected chi connectivity index (χ4v) is 3.53. The summed E-state index contributed by atoms with van der Waals surface area (Å²) in [6.45, 7) is 1.84. The van der Waals surface area contributed by atoms with Gasteiger partial charge >= 0.3 is 0 Å². The Morgan fingerprint density at radius 1 is 1.26 bits per heavy atom. The van der Waals surface area contributed by atoms with Gasteiger partial charge in [0.05, 0.1) is 11.8 Å². The number of benzene rings is 1. The van der Waals surface area contributed by atoms with E-state index in [9.17, 15) is 4.79 Å². The van der Waals surface area contributed by atoms with E-state index >= 15 is 0 Å². The molecule has 1 amide bonds. The fourth-order valence-electron chi connectivity index (χ4n) is 2.72. The van der Waals surface area contributed by atoms with Crippen molar-refractivity contribution in [3.05, 3.63) is 34.8 Å². The Labute approximate surface area is 140 Å². The van der Waals surface area contributed by atoms with Crippen molar-refractivity contribution >= 4 is 28.1 Å². The first-order chi connectivity index (χ1) is 11.2. The van der Waals surface area contributed by atoms with Gasteiger partial charge in [0.2, 0.25) is 0 Å². The van der Waals surface area contributed by atoms with Crippen molar-refractivity contribution in [1.29, 1.82) is 0 Å². The molecule has 6 heteroatoms. The average molecular weight is 331 g/mol. The van der Waals surface area contributed by atoms with Crippen LogP contribution in [-0.4, -0.2) is 24.0 Å². The summed E-state index contributed by atoms with van der Waals surface area (Å²) in [5.41, 5.74) is 1.49. The molecule has 3 rings (SSSR count). The van der Waals surface area contributed by atoms with Crippen LogP contribution in [-0.2, 0) is 0 Å². The van der Waals surface area contributed by atoms with Crippen molar-refractivity contribution in [2.24, 2.45) is 0 Å². The maximum Gasteiger partial charge on any atom is 0.267 e. The summed E-state index contributed by atoms with van der Waals surface area (Å²) < 4.78 is 5.93. The number of ether oxygens (including phenoxy) is 1. The van der Waals surface area contributed by atoms with Gasteiger partial charge in [0.1, 0.15) is 10.6 Å². The first kappa shape index (κ1) is 15.8. The third-order valence-electron chi connectivity index (χ3n) is 3.93. The quantitative estimate of drug-likeness (QED) is 0.867. The molecule has 0 bridgehead atoms. The van der Waals surface area contributed by atoms with Gasteiger partial charge in [-0.15, -0.1) is 0 Å². The lowest BCUT2D eigenvalue weighted by molar-refractivity contribution is 0.102. The van der Waals surface area contributed by atoms with E-state index in [1.807, 2.05) is 31.2 Å². The van der Waals surface area contributed by atoms with Gasteiger partial charge in [-0.2, -0.15) is 0 Å². The lowest BCUT2D eigenvalue weighted by atomic mass is 10.2. The molecule has 1 aliphatic rings. The van der Waals surface area contributed by atoms with Gasteiger partial charge in [-0.3, -0.25) is 4.79 Å². The molecule has 2 aromatic rings. The van der Waals surface area contributed by atoms with Crippen LogP contribution >= 0.6 is 11.3 Å². The van der Waals surface area contributed by atoms with E-state index in [2.05, 4.69) is 15.6 Å². The van der Waals surface area contributed by atoms with Crippen LogP contribution in [0.2, 0.25) is 0 Å². The van der Waals surface area contributed by atoms with Gasteiger partial charge in [0.25, 0.3) is 5.91 Å². The van der Waals surface area contributed by atoms with Gasteiger partial charge in [-0.05, 0) is 56.9 Å². The molecule has 1 aromatic carbocycles. The van der Waals surface area contributed by atoms with Gasteiger partial charge in [-0.1, -0.05) is 11.3 Å². The predicted octanol–water partition coefficient (Wildman–Crippen LogP) is 4.07. The van der Waals surface area contributed by atoms with E-state index in [1.54, 1.807) is 7.05 Å². The summed E-state index contributed by atoms with van der Waals surface area (Å²) >= 11 is 1.35. The molecule has 0 saturated heterocycles. The molecule has 1 aromatic heterocycles. The summed E-state index contributed by atoms with van der Waals surface area (Å²) in [5.74, 6) is 0.729. The predicted molar refractivity (Wildman–Crippen MR) is 93.7 cm³/mol. The number of aromatic nitrogens is 1. The van der Waals surface area contributed by atoms with Gasteiger partial charge in [0, 0.05) is 12.7 Å². The van der Waals surface area contributed by atoms with Crippen LogP contribution in [0.3, 0.4) is 0 Å². The highest BCUT2D eigenvalue weighted by Crippen LogP contribution is 2.26. The maximum absolute atomic E-state index is 12.3. The van der Waals surface area contributed by atoms with Crippen molar-refractivity contribution in [2.75, 3.05) is 17.7 Å². The van der Waals surface area contributed by atoms with Crippen molar-refractivity contribution in [3.8, 4) is 5.75 Å². The third kappa shape index (κ3) is 3.82. The smallest absolute Gasteiger partial charge is 0.267 e. The molecule has 2 N–H and O–H groups in total. The highest BCUT2D eigenvalue weighted by atomic mass is 32.1. The lowest BCUT2D eigenvalue weighted by Gasteiger charge is -2.13. The highest BCUT2D eigenvalue weighted by Gasteiger charge is 2.17. The normalized spacial score (nSPS) is 14.7. The molecule has 0 spiro atoms. The number of nitrogens with one attached hydrogen (secondary N) is 2. The molecule has 1 fully saturated rings. The van der Waals surface area contributed by atoms with Crippen molar-refractivity contribution in [2.45, 2.75) is 38.7 Å². The number of carbonyl (C=O) groups is 1. The summed E-state index contributed by atoms with van der Waals surface area (Å²) in [6.07, 6.45) is 5.12. The Hall–Kier alpha value is -2.08. The average Bonchev–Trinajstić information content (AvgIpc) is 3.18. The fraction of sp³-hybridized carbons (Fsp3) is 0.412. The van der Waals surface area contributed by atoms with Crippen LogP contribution in [0.5, 0.6) is 5.75 Å². The Balaban J connectivity index is 1.62. The Bertz CT molecular complexity index is 676. The second-order valence-electron chi connectivity index (χ2n) is 5.69. The molecule has 23 heavy (non-hydrogen) atoms. The van der Waals surface area contributed by atoms with Crippen LogP contribution < -0.4 is 15.4 Å². The highest BCUT2D eigenvalue weighted by molar-refractivity contribution is 7.17. The molecular weight excluding hydrogens is 310 g/mol. The molecule has 1 saturated carbocycles. The lowest BCUT2D eigenvalue weighted by Crippen LogP contribution is -2.12. The number of hydrogen-bond donors (Lipinski definition) is 2. The number of carbonyl (C=O) groups excluding carboxylic acids is 1. The number of nitrogens with zero attached hydrogens (tertiary/aromatic N) is 1. The zero-order valence-corrected chi connectivity index (χ0v) is 14.2. The molecule has 0 radical (unpaired) electrons. The topological polar surface area (TPSA) is 63.2 Å². The van der Waals surface area contributed by atoms with Crippen molar-refractivity contribution in [3.63, 3.8) is 0 Å². The third-order valence-corrected chi connectivity index (χ3v) is 5.11. The van der Waals surface area contributed by atoms with Gasteiger partial charge in [0.15, 0.2) is 5.13 Å². The van der Waals surface area contributed by atoms with E-state index in [4.69, 9.17) is 4.74 Å². The summed E-state index contributed by atoms with van der Waals surface area (Å²) in [5, 5.41) is 6.61. The van der Waals surface area contributed by atoms with E-state index in [1.165, 1.54) is 24.2 Å². The number of thiazole rings is 1. The van der Waals surface area contributed by atoms with Crippen LogP contribution in [0.25, 0.3) is 0 Å². The molecule has 1 aliphatic carbocycles. The monoisotopic (exact) mass is 331 g/mol. The number of anilines is 2. The number of aryl methyl sites for hydroxylation is 1. The maximum atomic E-state index is 12.3. The minimum Gasteiger partial charge on any atom is -0.490 e. The van der Waals surface area contributed by atoms with E-state index < -0.39 is 0 Å². The molecular formula is C17H21N3O2S. The number of rotatable bonds is 5. The molecule has 1 heterocycles. The Morgan fingerprint density at radius 2 is 1.96 bits per heavy atom. The van der Waals surface area contributed by atoms with Gasteiger partial charge in [-0.25, -0.2) is 4.98 Å². The van der Waals surface area contributed by atoms with Crippen molar-refractivity contribution in [1.82, 2.24) is 4.98 Å². The number of hydrogen-bond acceptors (Lipinski definition) is 5. The minimum absolute atomic E-state index is 0.133. The Morgan fingerprint density at radius 3 is 2.57 bits per heavy atom. The zero-order chi connectivity index (χ0) is 16.2. The van der Waals surface area contributed by atoms with Crippen LogP contribution in [0.1, 0.15) is 41.0 Å². The van der Waals surface area contributed by atoms with E-state index in [-0.39, 0.29) is 5.91 Å². The Kier molecular flexibility index (Phi) is 4.81. The number of amides is 1. The largest absolute Gasteiger partial charge is 0.490 e. The molecule has 0 aliphatic heterocycles.